The Kier molecular flexibility index (Phi) is 3.49. The summed E-state index contributed by atoms with van der Waals surface area (Å²) >= 11 is 0. The first-order valence-corrected chi connectivity index (χ1v) is 7.49. The van der Waals surface area contributed by atoms with Gasteiger partial charge in [0, 0.05) is 10.9 Å². The number of aryl methyl sites for hydroxylation is 1. The molecule has 3 rings (SSSR count). The molecule has 112 valence electrons. The Morgan fingerprint density at radius 2 is 2.00 bits per heavy atom. The number of benzene rings is 1. The Labute approximate surface area is 124 Å². The van der Waals surface area contributed by atoms with E-state index in [4.69, 9.17) is 4.74 Å². The molecule has 1 aliphatic rings. The highest BCUT2D eigenvalue weighted by Crippen LogP contribution is 2.40. The lowest BCUT2D eigenvalue weighted by molar-refractivity contribution is -0.00452. The van der Waals surface area contributed by atoms with E-state index in [1.807, 2.05) is 19.1 Å². The second kappa shape index (κ2) is 5.19. The smallest absolute Gasteiger partial charge is 0.337 e. The van der Waals surface area contributed by atoms with Crippen LogP contribution in [0.4, 0.5) is 0 Å². The number of fused-ring (bicyclic) bond motifs is 1. The van der Waals surface area contributed by atoms with Crippen molar-refractivity contribution in [2.24, 2.45) is 0 Å². The molecule has 4 heteroatoms. The number of esters is 1. The van der Waals surface area contributed by atoms with Crippen LogP contribution in [0.2, 0.25) is 0 Å². The van der Waals surface area contributed by atoms with Crippen molar-refractivity contribution in [3.05, 3.63) is 35.0 Å². The number of carbonyl (C=O) groups is 1. The van der Waals surface area contributed by atoms with E-state index in [0.717, 1.165) is 47.8 Å². The number of nitrogens with one attached hydrogen (secondary N) is 1. The molecule has 1 aliphatic carbocycles. The maximum Gasteiger partial charge on any atom is 0.337 e. The van der Waals surface area contributed by atoms with Gasteiger partial charge in [0.2, 0.25) is 0 Å². The summed E-state index contributed by atoms with van der Waals surface area (Å²) in [6, 6.07) is 5.46. The Morgan fingerprint density at radius 1 is 1.29 bits per heavy atom. The van der Waals surface area contributed by atoms with E-state index in [2.05, 4.69) is 4.98 Å². The Bertz CT molecular complexity index is 681. The van der Waals surface area contributed by atoms with E-state index in [1.54, 1.807) is 6.07 Å². The highest BCUT2D eigenvalue weighted by atomic mass is 16.5. The fourth-order valence-corrected chi connectivity index (χ4v) is 3.42. The van der Waals surface area contributed by atoms with Crippen LogP contribution < -0.4 is 0 Å². The van der Waals surface area contributed by atoms with Gasteiger partial charge in [0.05, 0.1) is 18.4 Å². The minimum absolute atomic E-state index is 0.338. The molecule has 1 fully saturated rings. The number of aromatic amines is 1. The zero-order chi connectivity index (χ0) is 15.0. The molecule has 0 unspecified atom stereocenters. The second-order valence-corrected chi connectivity index (χ2v) is 5.97. The average molecular weight is 287 g/mol. The molecular weight excluding hydrogens is 266 g/mol. The molecule has 0 spiro atoms. The lowest BCUT2D eigenvalue weighted by Gasteiger charge is -2.32. The molecular formula is C17H21NO3. The van der Waals surface area contributed by atoms with Crippen molar-refractivity contribution in [3.8, 4) is 0 Å². The maximum atomic E-state index is 11.7. The van der Waals surface area contributed by atoms with Gasteiger partial charge in [-0.15, -0.1) is 0 Å². The van der Waals surface area contributed by atoms with E-state index in [-0.39, 0.29) is 5.97 Å². The zero-order valence-corrected chi connectivity index (χ0v) is 12.5. The van der Waals surface area contributed by atoms with Crippen LogP contribution in [0.3, 0.4) is 0 Å². The normalized spacial score (nSPS) is 17.9. The van der Waals surface area contributed by atoms with E-state index in [1.165, 1.54) is 13.5 Å². The van der Waals surface area contributed by atoms with Crippen LogP contribution in [0, 0.1) is 6.92 Å². The van der Waals surface area contributed by atoms with Crippen molar-refractivity contribution < 1.29 is 14.6 Å². The predicted octanol–water partition coefficient (Wildman–Crippen LogP) is 3.41. The van der Waals surface area contributed by atoms with Crippen molar-refractivity contribution in [1.82, 2.24) is 4.98 Å². The van der Waals surface area contributed by atoms with E-state index in [9.17, 15) is 9.90 Å². The Balaban J connectivity index is 2.09. The maximum absolute atomic E-state index is 11.7. The lowest BCUT2D eigenvalue weighted by Crippen LogP contribution is -2.29. The topological polar surface area (TPSA) is 62.3 Å². The van der Waals surface area contributed by atoms with Crippen LogP contribution in [0.1, 0.15) is 53.7 Å². The highest BCUT2D eigenvalue weighted by molar-refractivity contribution is 5.96. The van der Waals surface area contributed by atoms with Gasteiger partial charge in [-0.2, -0.15) is 0 Å². The lowest BCUT2D eigenvalue weighted by atomic mass is 9.81. The van der Waals surface area contributed by atoms with Gasteiger partial charge in [-0.3, -0.25) is 0 Å². The van der Waals surface area contributed by atoms with Gasteiger partial charge in [-0.05, 0) is 43.5 Å². The standard InChI is InChI=1S/C17H21NO3/c1-11-13-10-12(16(19)21-2)6-7-14(13)18-15(11)17(20)8-4-3-5-9-17/h6-7,10,18,20H,3-5,8-9H2,1-2H3. The molecule has 1 saturated carbocycles. The molecule has 0 amide bonds. The van der Waals surface area contributed by atoms with Crippen LogP contribution in [0.25, 0.3) is 10.9 Å². The van der Waals surface area contributed by atoms with Gasteiger partial charge in [-0.1, -0.05) is 19.3 Å². The summed E-state index contributed by atoms with van der Waals surface area (Å²) in [6.07, 6.45) is 4.89. The van der Waals surface area contributed by atoms with E-state index in [0.29, 0.717) is 5.56 Å². The van der Waals surface area contributed by atoms with Gasteiger partial charge in [0.15, 0.2) is 0 Å². The predicted molar refractivity (Wildman–Crippen MR) is 81.4 cm³/mol. The molecule has 4 nitrogen and oxygen atoms in total. The molecule has 2 N–H and O–H groups in total. The number of ether oxygens (including phenoxy) is 1. The summed E-state index contributed by atoms with van der Waals surface area (Å²) in [5.41, 5.74) is 2.66. The first-order chi connectivity index (χ1) is 10.0. The molecule has 0 aliphatic heterocycles. The van der Waals surface area contributed by atoms with Gasteiger partial charge in [-0.25, -0.2) is 4.79 Å². The van der Waals surface area contributed by atoms with Gasteiger partial charge < -0.3 is 14.8 Å². The van der Waals surface area contributed by atoms with Crippen molar-refractivity contribution >= 4 is 16.9 Å². The number of hydrogen-bond acceptors (Lipinski definition) is 3. The minimum atomic E-state index is -0.757. The fraction of sp³-hybridized carbons (Fsp3) is 0.471. The van der Waals surface area contributed by atoms with Crippen LogP contribution in [-0.2, 0) is 10.3 Å². The number of methoxy groups -OCH3 is 1. The molecule has 0 saturated heterocycles. The second-order valence-electron chi connectivity index (χ2n) is 5.97. The third-order valence-electron chi connectivity index (χ3n) is 4.63. The quantitative estimate of drug-likeness (QED) is 0.832. The Morgan fingerprint density at radius 3 is 2.67 bits per heavy atom. The SMILES string of the molecule is COC(=O)c1ccc2[nH]c(C3(O)CCCCC3)c(C)c2c1. The molecule has 0 bridgehead atoms. The molecule has 1 aromatic carbocycles. The van der Waals surface area contributed by atoms with Gasteiger partial charge >= 0.3 is 5.97 Å². The number of rotatable bonds is 2. The first kappa shape index (κ1) is 14.1. The Hall–Kier alpha value is -1.81. The van der Waals surface area contributed by atoms with Crippen molar-refractivity contribution in [2.75, 3.05) is 7.11 Å². The van der Waals surface area contributed by atoms with Crippen molar-refractivity contribution in [2.45, 2.75) is 44.6 Å². The largest absolute Gasteiger partial charge is 0.465 e. The summed E-state index contributed by atoms with van der Waals surface area (Å²) in [5.74, 6) is -0.338. The zero-order valence-electron chi connectivity index (χ0n) is 12.5. The highest BCUT2D eigenvalue weighted by Gasteiger charge is 2.34. The van der Waals surface area contributed by atoms with Crippen LogP contribution >= 0.6 is 0 Å². The summed E-state index contributed by atoms with van der Waals surface area (Å²) < 4.78 is 4.77. The molecule has 2 aromatic rings. The molecule has 0 radical (unpaired) electrons. The summed E-state index contributed by atoms with van der Waals surface area (Å²) in [7, 11) is 1.38. The van der Waals surface area contributed by atoms with Gasteiger partial charge in [0.1, 0.15) is 5.60 Å². The van der Waals surface area contributed by atoms with Crippen LogP contribution in [0.15, 0.2) is 18.2 Å². The van der Waals surface area contributed by atoms with Crippen molar-refractivity contribution in [3.63, 3.8) is 0 Å². The number of hydrogen-bond donors (Lipinski definition) is 2. The molecule has 1 heterocycles. The summed E-state index contributed by atoms with van der Waals surface area (Å²) in [5, 5.41) is 11.9. The average Bonchev–Trinajstić information content (AvgIpc) is 2.84. The number of carbonyl (C=O) groups excluding carboxylic acids is 1. The van der Waals surface area contributed by atoms with Crippen molar-refractivity contribution in [1.29, 1.82) is 0 Å². The van der Waals surface area contributed by atoms with Crippen LogP contribution in [-0.4, -0.2) is 23.2 Å². The van der Waals surface area contributed by atoms with E-state index >= 15 is 0 Å². The van der Waals surface area contributed by atoms with E-state index < -0.39 is 5.60 Å². The summed E-state index contributed by atoms with van der Waals surface area (Å²) in [4.78, 5) is 15.0. The minimum Gasteiger partial charge on any atom is -0.465 e. The summed E-state index contributed by atoms with van der Waals surface area (Å²) in [6.45, 7) is 2.00. The molecule has 0 atom stereocenters. The van der Waals surface area contributed by atoms with Crippen LogP contribution in [0.5, 0.6) is 0 Å². The van der Waals surface area contributed by atoms with Gasteiger partial charge in [0.25, 0.3) is 0 Å². The number of aliphatic hydroxyl groups is 1. The third-order valence-corrected chi connectivity index (χ3v) is 4.63. The fourth-order valence-electron chi connectivity index (χ4n) is 3.42. The first-order valence-electron chi connectivity index (χ1n) is 7.49. The number of aromatic nitrogens is 1. The monoisotopic (exact) mass is 287 g/mol. The number of H-pyrrole nitrogens is 1. The molecule has 1 aromatic heterocycles. The third kappa shape index (κ3) is 2.33. The molecule has 21 heavy (non-hydrogen) atoms.